The molecule has 1 atom stereocenters. The maximum atomic E-state index is 12.9. The molecule has 4 rings (SSSR count). The summed E-state index contributed by atoms with van der Waals surface area (Å²) in [6.45, 7) is 6.61. The average molecular weight is 442 g/mol. The Morgan fingerprint density at radius 2 is 2.13 bits per heavy atom. The number of fused-ring (bicyclic) bond motifs is 1. The van der Waals surface area contributed by atoms with Gasteiger partial charge in [-0.05, 0) is 57.2 Å². The van der Waals surface area contributed by atoms with E-state index >= 15 is 0 Å². The van der Waals surface area contributed by atoms with E-state index in [1.165, 1.54) is 11.3 Å². The summed E-state index contributed by atoms with van der Waals surface area (Å²) in [4.78, 5) is 35.1. The number of nitrogens with zero attached hydrogens (tertiary/aromatic N) is 2. The van der Waals surface area contributed by atoms with Crippen LogP contribution < -0.4 is 10.6 Å². The highest BCUT2D eigenvalue weighted by atomic mass is 32.1. The Labute approximate surface area is 185 Å². The van der Waals surface area contributed by atoms with Crippen molar-refractivity contribution in [1.29, 1.82) is 0 Å². The van der Waals surface area contributed by atoms with Crippen molar-refractivity contribution in [3.8, 4) is 0 Å². The third-order valence-corrected chi connectivity index (χ3v) is 6.02. The summed E-state index contributed by atoms with van der Waals surface area (Å²) >= 11 is 1.38. The Morgan fingerprint density at radius 1 is 1.29 bits per heavy atom. The van der Waals surface area contributed by atoms with E-state index in [0.717, 1.165) is 35.2 Å². The highest BCUT2D eigenvalue weighted by Gasteiger charge is 2.32. The number of anilines is 2. The van der Waals surface area contributed by atoms with Crippen LogP contribution in [0, 0.1) is 0 Å². The number of aromatic nitrogens is 2. The van der Waals surface area contributed by atoms with Crippen LogP contribution in [-0.4, -0.2) is 51.6 Å². The molecule has 31 heavy (non-hydrogen) atoms. The highest BCUT2D eigenvalue weighted by Crippen LogP contribution is 2.29. The van der Waals surface area contributed by atoms with E-state index in [0.29, 0.717) is 18.0 Å². The van der Waals surface area contributed by atoms with Crippen molar-refractivity contribution in [2.75, 3.05) is 18.4 Å². The number of hydrogen-bond donors (Lipinski definition) is 3. The number of likely N-dealkylation sites (tertiary alicyclic amines) is 1. The molecule has 9 heteroatoms. The molecule has 4 heterocycles. The summed E-state index contributed by atoms with van der Waals surface area (Å²) in [5.41, 5.74) is 1.87. The third kappa shape index (κ3) is 4.82. The molecule has 0 unspecified atom stereocenters. The molecular formula is C22H27N5O3S. The fourth-order valence-electron chi connectivity index (χ4n) is 3.70. The molecule has 0 saturated carbocycles. The lowest BCUT2D eigenvalue weighted by atomic mass is 10.2. The van der Waals surface area contributed by atoms with Crippen LogP contribution in [0.25, 0.3) is 11.0 Å². The minimum atomic E-state index is -0.539. The van der Waals surface area contributed by atoms with Crippen LogP contribution in [0.3, 0.4) is 0 Å². The predicted octanol–water partition coefficient (Wildman–Crippen LogP) is 4.50. The van der Waals surface area contributed by atoms with Gasteiger partial charge in [0.05, 0.1) is 17.4 Å². The van der Waals surface area contributed by atoms with Gasteiger partial charge in [-0.2, -0.15) is 0 Å². The summed E-state index contributed by atoms with van der Waals surface area (Å²) in [5.74, 6) is -0.159. The van der Waals surface area contributed by atoms with Crippen molar-refractivity contribution >= 4 is 45.7 Å². The van der Waals surface area contributed by atoms with Gasteiger partial charge in [0.25, 0.3) is 5.91 Å². The fourth-order valence-corrected chi connectivity index (χ4v) is 4.46. The third-order valence-electron chi connectivity index (χ3n) is 5.10. The molecule has 1 aliphatic heterocycles. The van der Waals surface area contributed by atoms with Crippen LogP contribution in [0.4, 0.5) is 16.2 Å². The first-order chi connectivity index (χ1) is 14.8. The molecule has 0 spiro atoms. The van der Waals surface area contributed by atoms with Crippen molar-refractivity contribution in [3.63, 3.8) is 0 Å². The second kappa shape index (κ2) is 8.58. The maximum Gasteiger partial charge on any atom is 0.410 e. The minimum Gasteiger partial charge on any atom is -0.444 e. The average Bonchev–Trinajstić information content (AvgIpc) is 3.45. The molecule has 1 saturated heterocycles. The van der Waals surface area contributed by atoms with E-state index in [4.69, 9.17) is 4.74 Å². The second-order valence-electron chi connectivity index (χ2n) is 8.57. The van der Waals surface area contributed by atoms with Crippen LogP contribution in [0.1, 0.15) is 43.3 Å². The number of ether oxygens (including phenoxy) is 1. The van der Waals surface area contributed by atoms with Crippen molar-refractivity contribution < 1.29 is 14.3 Å². The Morgan fingerprint density at radius 3 is 2.94 bits per heavy atom. The lowest BCUT2D eigenvalue weighted by molar-refractivity contribution is 0.0225. The molecule has 1 fully saturated rings. The normalized spacial score (nSPS) is 16.5. The number of nitrogens with one attached hydrogen (secondary N) is 3. The fraction of sp³-hybridized carbons (Fsp3) is 0.409. The van der Waals surface area contributed by atoms with Gasteiger partial charge < -0.3 is 25.3 Å². The quantitative estimate of drug-likeness (QED) is 0.541. The first kappa shape index (κ1) is 21.2. The molecule has 0 radical (unpaired) electrons. The number of aromatic amines is 1. The summed E-state index contributed by atoms with van der Waals surface area (Å²) in [5, 5.41) is 9.19. The Kier molecular flexibility index (Phi) is 5.86. The molecule has 2 amide bonds. The zero-order chi connectivity index (χ0) is 22.0. The van der Waals surface area contributed by atoms with Crippen molar-refractivity contribution in [2.45, 2.75) is 45.3 Å². The minimum absolute atomic E-state index is 0.0603. The molecule has 0 aliphatic carbocycles. The van der Waals surface area contributed by atoms with Crippen LogP contribution in [0.2, 0.25) is 0 Å². The van der Waals surface area contributed by atoms with Gasteiger partial charge >= 0.3 is 6.09 Å². The zero-order valence-electron chi connectivity index (χ0n) is 17.9. The molecule has 164 valence electrons. The Balaban J connectivity index is 1.40. The largest absolute Gasteiger partial charge is 0.444 e. The predicted molar refractivity (Wildman–Crippen MR) is 122 cm³/mol. The van der Waals surface area contributed by atoms with E-state index in [-0.39, 0.29) is 18.0 Å². The molecule has 3 aromatic heterocycles. The monoisotopic (exact) mass is 441 g/mol. The van der Waals surface area contributed by atoms with E-state index in [1.54, 1.807) is 11.1 Å². The first-order valence-corrected chi connectivity index (χ1v) is 11.2. The van der Waals surface area contributed by atoms with Gasteiger partial charge in [-0.1, -0.05) is 0 Å². The number of H-pyrrole nitrogens is 1. The topological polar surface area (TPSA) is 99.3 Å². The van der Waals surface area contributed by atoms with E-state index in [1.807, 2.05) is 50.5 Å². The van der Waals surface area contributed by atoms with Crippen molar-refractivity contribution in [3.05, 3.63) is 40.8 Å². The number of carbonyl (C=O) groups is 2. The molecule has 0 bridgehead atoms. The van der Waals surface area contributed by atoms with Gasteiger partial charge in [-0.25, -0.2) is 9.78 Å². The molecule has 3 aromatic rings. The van der Waals surface area contributed by atoms with Crippen LogP contribution in [0.5, 0.6) is 0 Å². The molecule has 3 N–H and O–H groups in total. The highest BCUT2D eigenvalue weighted by molar-refractivity contribution is 7.12. The number of hydrogen-bond acceptors (Lipinski definition) is 6. The number of carbonyl (C=O) groups excluding carboxylic acids is 2. The number of thiophene rings is 1. The smallest absolute Gasteiger partial charge is 0.410 e. The standard InChI is InChI=1S/C22H27N5O3S/c1-22(2,3)30-21(29)27-11-4-5-14(27)13-25-20(28)18-17(8-12-31-18)26-16-7-10-24-19-15(16)6-9-23-19/h6-10,12,14H,4-5,11,13H2,1-3H3,(H,25,28)(H2,23,24,26)/t14-/m1/s1. The number of pyridine rings is 1. The Hall–Kier alpha value is -3.07. The van der Waals surface area contributed by atoms with Gasteiger partial charge in [-0.15, -0.1) is 11.3 Å². The maximum absolute atomic E-state index is 12.9. The van der Waals surface area contributed by atoms with Gasteiger partial charge in [0.2, 0.25) is 0 Å². The van der Waals surface area contributed by atoms with Crippen LogP contribution >= 0.6 is 11.3 Å². The second-order valence-corrected chi connectivity index (χ2v) is 9.48. The van der Waals surface area contributed by atoms with E-state index in [2.05, 4.69) is 20.6 Å². The zero-order valence-corrected chi connectivity index (χ0v) is 18.7. The molecule has 8 nitrogen and oxygen atoms in total. The van der Waals surface area contributed by atoms with Gasteiger partial charge in [0.15, 0.2) is 0 Å². The first-order valence-electron chi connectivity index (χ1n) is 10.4. The summed E-state index contributed by atoms with van der Waals surface area (Å²) in [7, 11) is 0. The van der Waals surface area contributed by atoms with Gasteiger partial charge in [0.1, 0.15) is 16.1 Å². The number of rotatable bonds is 5. The molecular weight excluding hydrogens is 414 g/mol. The van der Waals surface area contributed by atoms with Gasteiger partial charge in [0, 0.05) is 30.9 Å². The summed E-state index contributed by atoms with van der Waals surface area (Å²) in [6, 6.07) is 5.66. The van der Waals surface area contributed by atoms with Crippen LogP contribution in [0.15, 0.2) is 36.0 Å². The molecule has 1 aliphatic rings. The lowest BCUT2D eigenvalue weighted by Crippen LogP contribution is -2.45. The number of amides is 2. The lowest BCUT2D eigenvalue weighted by Gasteiger charge is -2.28. The van der Waals surface area contributed by atoms with Crippen LogP contribution in [-0.2, 0) is 4.74 Å². The Bertz CT molecular complexity index is 1080. The molecule has 0 aromatic carbocycles. The van der Waals surface area contributed by atoms with Crippen molar-refractivity contribution in [1.82, 2.24) is 20.2 Å². The SMILES string of the molecule is CC(C)(C)OC(=O)N1CCC[C@@H]1CNC(=O)c1sccc1Nc1ccnc2[nH]ccc12. The summed E-state index contributed by atoms with van der Waals surface area (Å²) < 4.78 is 5.50. The van der Waals surface area contributed by atoms with Crippen molar-refractivity contribution in [2.24, 2.45) is 0 Å². The van der Waals surface area contributed by atoms with Gasteiger partial charge in [-0.3, -0.25) is 4.79 Å². The van der Waals surface area contributed by atoms with E-state index in [9.17, 15) is 9.59 Å². The summed E-state index contributed by atoms with van der Waals surface area (Å²) in [6.07, 6.45) is 4.98. The van der Waals surface area contributed by atoms with E-state index < -0.39 is 5.60 Å².